The standard InChI is InChI=1S/C22H25N3O8S/c1-4-31-21(27)19-16(24-22(28)25-20(19)17-6-5-9-32-17)12-33-18(26)11-23-34(29,30)15-8-7-13(2)14(3)10-15/h5-10,20,23H,4,11-12H2,1-3H3,(H2,24,25,28). The summed E-state index contributed by atoms with van der Waals surface area (Å²) in [7, 11) is -3.95. The normalized spacial score (nSPS) is 16.0. The zero-order chi connectivity index (χ0) is 24.9. The van der Waals surface area contributed by atoms with Gasteiger partial charge in [-0.2, -0.15) is 4.72 Å². The lowest BCUT2D eigenvalue weighted by molar-refractivity contribution is -0.142. The Morgan fingerprint density at radius 1 is 1.15 bits per heavy atom. The van der Waals surface area contributed by atoms with Crippen molar-refractivity contribution in [3.63, 3.8) is 0 Å². The third-order valence-corrected chi connectivity index (χ3v) is 6.45. The summed E-state index contributed by atoms with van der Waals surface area (Å²) in [6.45, 7) is 4.19. The molecule has 12 heteroatoms. The number of rotatable bonds is 9. The largest absolute Gasteiger partial charge is 0.467 e. The Morgan fingerprint density at radius 3 is 2.56 bits per heavy atom. The number of amides is 2. The third kappa shape index (κ3) is 5.83. The van der Waals surface area contributed by atoms with E-state index in [1.165, 1.54) is 18.4 Å². The maximum absolute atomic E-state index is 12.6. The van der Waals surface area contributed by atoms with Crippen molar-refractivity contribution >= 4 is 28.0 Å². The Kier molecular flexibility index (Phi) is 7.74. The van der Waals surface area contributed by atoms with Crippen molar-refractivity contribution < 1.29 is 36.7 Å². The zero-order valence-electron chi connectivity index (χ0n) is 18.8. The van der Waals surface area contributed by atoms with Gasteiger partial charge in [0.05, 0.1) is 29.0 Å². The Bertz CT molecular complexity index is 1220. The molecule has 2 heterocycles. The first-order valence-electron chi connectivity index (χ1n) is 10.4. The summed E-state index contributed by atoms with van der Waals surface area (Å²) in [5, 5.41) is 5.00. The quantitative estimate of drug-likeness (QED) is 0.447. The molecule has 1 aromatic heterocycles. The van der Waals surface area contributed by atoms with E-state index in [0.717, 1.165) is 11.1 Å². The van der Waals surface area contributed by atoms with Crippen LogP contribution in [0.5, 0.6) is 0 Å². The number of carbonyl (C=O) groups excluding carboxylic acids is 3. The van der Waals surface area contributed by atoms with Crippen LogP contribution in [0.2, 0.25) is 0 Å². The molecular weight excluding hydrogens is 466 g/mol. The van der Waals surface area contributed by atoms with Crippen LogP contribution in [-0.2, 0) is 29.1 Å². The fourth-order valence-electron chi connectivity index (χ4n) is 3.17. The fraction of sp³-hybridized carbons (Fsp3) is 0.318. The average molecular weight is 492 g/mol. The van der Waals surface area contributed by atoms with Crippen molar-refractivity contribution in [2.24, 2.45) is 0 Å². The van der Waals surface area contributed by atoms with Crippen molar-refractivity contribution in [2.75, 3.05) is 19.8 Å². The predicted octanol–water partition coefficient (Wildman–Crippen LogP) is 1.59. The van der Waals surface area contributed by atoms with Gasteiger partial charge in [-0.1, -0.05) is 6.07 Å². The van der Waals surface area contributed by atoms with Crippen molar-refractivity contribution in [1.29, 1.82) is 0 Å². The smallest absolute Gasteiger partial charge is 0.338 e. The van der Waals surface area contributed by atoms with Gasteiger partial charge in [-0.05, 0) is 56.2 Å². The van der Waals surface area contributed by atoms with Crippen molar-refractivity contribution in [2.45, 2.75) is 31.7 Å². The summed E-state index contributed by atoms with van der Waals surface area (Å²) < 4.78 is 42.6. The van der Waals surface area contributed by atoms with Crippen molar-refractivity contribution in [1.82, 2.24) is 15.4 Å². The minimum Gasteiger partial charge on any atom is -0.467 e. The molecule has 3 rings (SSSR count). The Labute approximate surface area is 196 Å². The van der Waals surface area contributed by atoms with E-state index in [1.807, 2.05) is 6.92 Å². The number of urea groups is 1. The molecule has 1 aromatic carbocycles. The summed E-state index contributed by atoms with van der Waals surface area (Å²) in [6.07, 6.45) is 1.38. The van der Waals surface area contributed by atoms with Crippen LogP contribution >= 0.6 is 0 Å². The molecule has 34 heavy (non-hydrogen) atoms. The van der Waals surface area contributed by atoms with E-state index in [1.54, 1.807) is 32.0 Å². The van der Waals surface area contributed by atoms with Gasteiger partial charge in [-0.25, -0.2) is 18.0 Å². The lowest BCUT2D eigenvalue weighted by Gasteiger charge is -2.27. The van der Waals surface area contributed by atoms with Gasteiger partial charge in [0, 0.05) is 0 Å². The summed E-state index contributed by atoms with van der Waals surface area (Å²) in [4.78, 5) is 37.0. The van der Waals surface area contributed by atoms with Crippen LogP contribution in [-0.4, -0.2) is 46.1 Å². The second kappa shape index (κ2) is 10.5. The number of nitrogens with one attached hydrogen (secondary N) is 3. The number of aryl methyl sites for hydroxylation is 2. The Balaban J connectivity index is 1.72. The van der Waals surface area contributed by atoms with Gasteiger partial charge in [-0.15, -0.1) is 0 Å². The highest BCUT2D eigenvalue weighted by molar-refractivity contribution is 7.89. The topological polar surface area (TPSA) is 153 Å². The summed E-state index contributed by atoms with van der Waals surface area (Å²) in [5.74, 6) is -1.37. The molecule has 0 bridgehead atoms. The summed E-state index contributed by atoms with van der Waals surface area (Å²) in [6, 6.07) is 6.16. The molecule has 0 radical (unpaired) electrons. The number of benzene rings is 1. The number of furan rings is 1. The highest BCUT2D eigenvalue weighted by Gasteiger charge is 2.35. The van der Waals surface area contributed by atoms with Crippen LogP contribution in [0.15, 0.2) is 57.2 Å². The zero-order valence-corrected chi connectivity index (χ0v) is 19.7. The molecule has 3 N–H and O–H groups in total. The van der Waals surface area contributed by atoms with Crippen molar-refractivity contribution in [3.8, 4) is 0 Å². The number of carbonyl (C=O) groups is 3. The third-order valence-electron chi connectivity index (χ3n) is 5.05. The van der Waals surface area contributed by atoms with Gasteiger partial charge < -0.3 is 24.5 Å². The Morgan fingerprint density at radius 2 is 1.91 bits per heavy atom. The lowest BCUT2D eigenvalue weighted by atomic mass is 10.0. The number of hydrogen-bond acceptors (Lipinski definition) is 8. The molecule has 0 fully saturated rings. The van der Waals surface area contributed by atoms with E-state index in [9.17, 15) is 22.8 Å². The molecule has 1 unspecified atom stereocenters. The second-order valence-electron chi connectivity index (χ2n) is 7.39. The number of hydrogen-bond donors (Lipinski definition) is 3. The fourth-order valence-corrected chi connectivity index (χ4v) is 4.23. The van der Waals surface area contributed by atoms with Gasteiger partial charge >= 0.3 is 18.0 Å². The molecule has 2 aromatic rings. The van der Waals surface area contributed by atoms with E-state index in [-0.39, 0.29) is 28.5 Å². The van der Waals surface area contributed by atoms with Gasteiger partial charge in [0.1, 0.15) is 25.0 Å². The molecule has 0 aliphatic carbocycles. The molecule has 1 aliphatic rings. The second-order valence-corrected chi connectivity index (χ2v) is 9.16. The molecule has 182 valence electrons. The van der Waals surface area contributed by atoms with Gasteiger partial charge in [0.15, 0.2) is 0 Å². The van der Waals surface area contributed by atoms with Crippen molar-refractivity contribution in [3.05, 3.63) is 64.8 Å². The van der Waals surface area contributed by atoms with E-state index in [2.05, 4.69) is 15.4 Å². The maximum Gasteiger partial charge on any atom is 0.338 e. The first kappa shape index (κ1) is 25.0. The van der Waals surface area contributed by atoms with E-state index < -0.39 is 47.2 Å². The summed E-state index contributed by atoms with van der Waals surface area (Å²) in [5.41, 5.74) is 1.71. The van der Waals surface area contributed by atoms with Gasteiger partial charge in [0.25, 0.3) is 0 Å². The summed E-state index contributed by atoms with van der Waals surface area (Å²) >= 11 is 0. The van der Waals surface area contributed by atoms with Crippen LogP contribution in [0.1, 0.15) is 29.9 Å². The van der Waals surface area contributed by atoms with Crippen LogP contribution in [0.3, 0.4) is 0 Å². The monoisotopic (exact) mass is 491 g/mol. The minimum atomic E-state index is -3.95. The predicted molar refractivity (Wildman–Crippen MR) is 119 cm³/mol. The SMILES string of the molecule is CCOC(=O)C1=C(COC(=O)CNS(=O)(=O)c2ccc(C)c(C)c2)NC(=O)NC1c1ccco1. The molecule has 2 amide bonds. The number of sulfonamides is 1. The number of ether oxygens (including phenoxy) is 2. The van der Waals surface area contributed by atoms with Crippen LogP contribution in [0, 0.1) is 13.8 Å². The van der Waals surface area contributed by atoms with Crippen LogP contribution < -0.4 is 15.4 Å². The lowest BCUT2D eigenvalue weighted by Crippen LogP contribution is -2.47. The molecule has 0 spiro atoms. The first-order valence-corrected chi connectivity index (χ1v) is 11.8. The molecule has 0 saturated heterocycles. The highest BCUT2D eigenvalue weighted by atomic mass is 32.2. The molecular formula is C22H25N3O8S. The van der Waals surface area contributed by atoms with Gasteiger partial charge in [0.2, 0.25) is 10.0 Å². The average Bonchev–Trinajstić information content (AvgIpc) is 3.32. The number of esters is 2. The first-order chi connectivity index (χ1) is 16.1. The van der Waals surface area contributed by atoms with E-state index in [4.69, 9.17) is 13.9 Å². The molecule has 1 aliphatic heterocycles. The van der Waals surface area contributed by atoms with Gasteiger partial charge in [-0.3, -0.25) is 4.79 Å². The minimum absolute atomic E-state index is 0.0000821. The maximum atomic E-state index is 12.6. The molecule has 11 nitrogen and oxygen atoms in total. The highest BCUT2D eigenvalue weighted by Crippen LogP contribution is 2.28. The van der Waals surface area contributed by atoms with Crippen LogP contribution in [0.25, 0.3) is 0 Å². The molecule has 1 atom stereocenters. The Hall–Kier alpha value is -3.64. The molecule has 0 saturated carbocycles. The van der Waals surface area contributed by atoms with Crippen LogP contribution in [0.4, 0.5) is 4.79 Å². The van der Waals surface area contributed by atoms with E-state index in [0.29, 0.717) is 0 Å². The van der Waals surface area contributed by atoms with E-state index >= 15 is 0 Å².